The van der Waals surface area contributed by atoms with Crippen LogP contribution in [0.1, 0.15) is 5.56 Å². The second-order valence-corrected chi connectivity index (χ2v) is 6.41. The van der Waals surface area contributed by atoms with Gasteiger partial charge in [0.2, 0.25) is 10.0 Å². The fourth-order valence-electron chi connectivity index (χ4n) is 2.18. The van der Waals surface area contributed by atoms with Crippen molar-refractivity contribution in [1.29, 1.82) is 0 Å². The molecule has 0 saturated carbocycles. The van der Waals surface area contributed by atoms with Gasteiger partial charge in [-0.3, -0.25) is 0 Å². The second-order valence-electron chi connectivity index (χ2n) is 4.53. The number of ether oxygens (including phenoxy) is 1. The average Bonchev–Trinajstić information content (AvgIpc) is 2.38. The minimum Gasteiger partial charge on any atom is -0.398 e. The molecule has 1 heterocycles. The van der Waals surface area contributed by atoms with Gasteiger partial charge in [0.1, 0.15) is 4.90 Å². The third-order valence-electron chi connectivity index (χ3n) is 3.15. The quantitative estimate of drug-likeness (QED) is 0.761. The highest BCUT2D eigenvalue weighted by atomic mass is 32.2. The first-order valence-electron chi connectivity index (χ1n) is 6.04. The summed E-state index contributed by atoms with van der Waals surface area (Å²) in [4.78, 5) is 0.147. The fraction of sp³-hybridized carbons (Fsp3) is 0.500. The molecule has 1 atom stereocenters. The van der Waals surface area contributed by atoms with Crippen molar-refractivity contribution in [1.82, 2.24) is 4.31 Å². The smallest absolute Gasteiger partial charge is 0.245 e. The summed E-state index contributed by atoms with van der Waals surface area (Å²) >= 11 is 0. The molecule has 2 rings (SSSR count). The molecule has 6 nitrogen and oxygen atoms in total. The van der Waals surface area contributed by atoms with Crippen molar-refractivity contribution < 1.29 is 18.3 Å². The summed E-state index contributed by atoms with van der Waals surface area (Å²) < 4.78 is 31.8. The van der Waals surface area contributed by atoms with E-state index in [-0.39, 0.29) is 36.9 Å². The molecule has 1 aliphatic heterocycles. The van der Waals surface area contributed by atoms with E-state index in [1.807, 2.05) is 0 Å². The number of aliphatic hydroxyl groups excluding tert-OH is 1. The van der Waals surface area contributed by atoms with Crippen molar-refractivity contribution in [2.45, 2.75) is 17.9 Å². The van der Waals surface area contributed by atoms with E-state index in [0.29, 0.717) is 5.56 Å². The first-order chi connectivity index (χ1) is 8.96. The van der Waals surface area contributed by atoms with Crippen LogP contribution in [0.5, 0.6) is 0 Å². The van der Waals surface area contributed by atoms with E-state index < -0.39 is 16.1 Å². The Balaban J connectivity index is 2.37. The first kappa shape index (κ1) is 14.3. The second kappa shape index (κ2) is 5.46. The highest BCUT2D eigenvalue weighted by Crippen LogP contribution is 2.27. The van der Waals surface area contributed by atoms with Crippen molar-refractivity contribution in [2.75, 3.05) is 32.0 Å². The van der Waals surface area contributed by atoms with E-state index in [1.54, 1.807) is 25.1 Å². The molecule has 1 aromatic rings. The van der Waals surface area contributed by atoms with Gasteiger partial charge in [0.25, 0.3) is 0 Å². The Morgan fingerprint density at radius 1 is 1.53 bits per heavy atom. The molecule has 1 fully saturated rings. The summed E-state index contributed by atoms with van der Waals surface area (Å²) in [6, 6.07) is 5.01. The molecule has 1 aliphatic rings. The maximum atomic E-state index is 12.6. The van der Waals surface area contributed by atoms with E-state index in [1.165, 1.54) is 4.31 Å². The van der Waals surface area contributed by atoms with E-state index >= 15 is 0 Å². The van der Waals surface area contributed by atoms with Gasteiger partial charge < -0.3 is 15.6 Å². The lowest BCUT2D eigenvalue weighted by molar-refractivity contribution is -0.0304. The predicted octanol–water partition coefficient (Wildman–Crippen LogP) is -0.0410. The number of morpholine rings is 1. The molecular formula is C12H18N2O4S. The molecule has 0 spiro atoms. The van der Waals surface area contributed by atoms with Crippen LogP contribution in [0.2, 0.25) is 0 Å². The Bertz CT molecular complexity index is 539. The van der Waals surface area contributed by atoms with Crippen LogP contribution in [0, 0.1) is 6.92 Å². The zero-order valence-electron chi connectivity index (χ0n) is 10.7. The third kappa shape index (κ3) is 2.74. The topological polar surface area (TPSA) is 92.9 Å². The summed E-state index contributed by atoms with van der Waals surface area (Å²) in [7, 11) is -3.65. The van der Waals surface area contributed by atoms with Crippen LogP contribution in [0.4, 0.5) is 5.69 Å². The number of rotatable bonds is 3. The molecule has 0 radical (unpaired) electrons. The zero-order chi connectivity index (χ0) is 14.0. The van der Waals surface area contributed by atoms with E-state index in [9.17, 15) is 8.42 Å². The molecular weight excluding hydrogens is 268 g/mol. The molecule has 0 amide bonds. The molecule has 0 bridgehead atoms. The molecule has 3 N–H and O–H groups in total. The number of hydrogen-bond acceptors (Lipinski definition) is 5. The molecule has 1 aromatic carbocycles. The summed E-state index contributed by atoms with van der Waals surface area (Å²) in [5.41, 5.74) is 6.66. The maximum Gasteiger partial charge on any atom is 0.245 e. The van der Waals surface area contributed by atoms with Gasteiger partial charge in [-0.1, -0.05) is 12.1 Å². The summed E-state index contributed by atoms with van der Waals surface area (Å²) in [6.45, 7) is 2.21. The minimum atomic E-state index is -3.65. The molecule has 1 unspecified atom stereocenters. The molecule has 0 aromatic heterocycles. The van der Waals surface area contributed by atoms with Crippen molar-refractivity contribution in [3.63, 3.8) is 0 Å². The lowest BCUT2D eigenvalue weighted by Gasteiger charge is -2.31. The van der Waals surface area contributed by atoms with Crippen molar-refractivity contribution >= 4 is 15.7 Å². The van der Waals surface area contributed by atoms with E-state index in [2.05, 4.69) is 0 Å². The molecule has 106 valence electrons. The fourth-order valence-corrected chi connectivity index (χ4v) is 3.95. The Kier molecular flexibility index (Phi) is 4.10. The third-order valence-corrected chi connectivity index (χ3v) is 5.23. The minimum absolute atomic E-state index is 0.145. The molecule has 19 heavy (non-hydrogen) atoms. The normalized spacial score (nSPS) is 21.5. The van der Waals surface area contributed by atoms with Crippen LogP contribution in [-0.4, -0.2) is 50.2 Å². The van der Waals surface area contributed by atoms with Crippen molar-refractivity contribution in [3.8, 4) is 0 Å². The Morgan fingerprint density at radius 3 is 2.89 bits per heavy atom. The molecule has 0 aliphatic carbocycles. The first-order valence-corrected chi connectivity index (χ1v) is 7.48. The van der Waals surface area contributed by atoms with Gasteiger partial charge in [-0.25, -0.2) is 8.42 Å². The Morgan fingerprint density at radius 2 is 2.26 bits per heavy atom. The Labute approximate surface area is 112 Å². The standard InChI is InChI=1S/C12H18N2O4S/c1-9-3-2-4-11(13)12(9)19(16,17)14-5-6-18-10(7-14)8-15/h2-4,10,15H,5-8,13H2,1H3. The van der Waals surface area contributed by atoms with Gasteiger partial charge in [-0.05, 0) is 18.6 Å². The highest BCUT2D eigenvalue weighted by molar-refractivity contribution is 7.89. The van der Waals surface area contributed by atoms with Gasteiger partial charge in [-0.15, -0.1) is 0 Å². The van der Waals surface area contributed by atoms with Crippen LogP contribution in [-0.2, 0) is 14.8 Å². The number of sulfonamides is 1. The zero-order valence-corrected chi connectivity index (χ0v) is 11.6. The van der Waals surface area contributed by atoms with E-state index in [0.717, 1.165) is 0 Å². The van der Waals surface area contributed by atoms with E-state index in [4.69, 9.17) is 15.6 Å². The van der Waals surface area contributed by atoms with Gasteiger partial charge in [0, 0.05) is 13.1 Å². The predicted molar refractivity (Wildman–Crippen MR) is 71.2 cm³/mol. The number of aliphatic hydroxyl groups is 1. The summed E-state index contributed by atoms with van der Waals surface area (Å²) in [5.74, 6) is 0. The highest BCUT2D eigenvalue weighted by Gasteiger charge is 2.32. The average molecular weight is 286 g/mol. The van der Waals surface area contributed by atoms with Crippen molar-refractivity contribution in [3.05, 3.63) is 23.8 Å². The number of nitrogens with zero attached hydrogens (tertiary/aromatic N) is 1. The number of nitrogen functional groups attached to an aromatic ring is 1. The summed E-state index contributed by atoms with van der Waals surface area (Å²) in [5, 5.41) is 9.08. The largest absolute Gasteiger partial charge is 0.398 e. The van der Waals surface area contributed by atoms with Gasteiger partial charge in [0.15, 0.2) is 0 Å². The number of benzene rings is 1. The Hall–Kier alpha value is -1.15. The van der Waals surface area contributed by atoms with Crippen LogP contribution >= 0.6 is 0 Å². The number of hydrogen-bond donors (Lipinski definition) is 2. The van der Waals surface area contributed by atoms with Gasteiger partial charge in [0.05, 0.1) is 25.0 Å². The van der Waals surface area contributed by atoms with Crippen LogP contribution in [0.3, 0.4) is 0 Å². The van der Waals surface area contributed by atoms with Crippen LogP contribution in [0.15, 0.2) is 23.1 Å². The molecule has 7 heteroatoms. The number of anilines is 1. The van der Waals surface area contributed by atoms with Gasteiger partial charge >= 0.3 is 0 Å². The van der Waals surface area contributed by atoms with Crippen LogP contribution < -0.4 is 5.73 Å². The van der Waals surface area contributed by atoms with Gasteiger partial charge in [-0.2, -0.15) is 4.31 Å². The summed E-state index contributed by atoms with van der Waals surface area (Å²) in [6.07, 6.45) is -0.478. The lowest BCUT2D eigenvalue weighted by Crippen LogP contribution is -2.47. The SMILES string of the molecule is Cc1cccc(N)c1S(=O)(=O)N1CCOC(CO)C1. The monoisotopic (exact) mass is 286 g/mol. The van der Waals surface area contributed by atoms with Crippen molar-refractivity contribution in [2.24, 2.45) is 0 Å². The lowest BCUT2D eigenvalue weighted by atomic mass is 10.2. The molecule has 1 saturated heterocycles. The number of aryl methyl sites for hydroxylation is 1. The number of nitrogens with two attached hydrogens (primary N) is 1. The maximum absolute atomic E-state index is 12.6. The van der Waals surface area contributed by atoms with Crippen LogP contribution in [0.25, 0.3) is 0 Å².